The summed E-state index contributed by atoms with van der Waals surface area (Å²) in [6, 6.07) is 15.3. The number of morpholine rings is 1. The summed E-state index contributed by atoms with van der Waals surface area (Å²) in [5.74, 6) is -0.899. The summed E-state index contributed by atoms with van der Waals surface area (Å²) in [6.07, 6.45) is 0. The van der Waals surface area contributed by atoms with Crippen molar-refractivity contribution in [3.63, 3.8) is 0 Å². The standard InChI is InChI=1S/C17H17NO3/c19-17(20)15-3-1-13(2-4-15)14-5-7-16(8-6-14)18-9-11-21-12-10-18/h1-8H,9-12H2,(H,19,20). The Kier molecular flexibility index (Phi) is 3.88. The van der Waals surface area contributed by atoms with Crippen LogP contribution in [0.25, 0.3) is 11.1 Å². The molecule has 21 heavy (non-hydrogen) atoms. The lowest BCUT2D eigenvalue weighted by atomic mass is 10.0. The molecule has 2 aromatic carbocycles. The van der Waals surface area contributed by atoms with Gasteiger partial charge in [0.1, 0.15) is 0 Å². The van der Waals surface area contributed by atoms with E-state index in [9.17, 15) is 4.79 Å². The molecule has 1 aliphatic rings. The highest BCUT2D eigenvalue weighted by Crippen LogP contribution is 2.24. The zero-order valence-electron chi connectivity index (χ0n) is 11.7. The molecule has 108 valence electrons. The molecule has 4 heteroatoms. The number of aromatic carboxylic acids is 1. The van der Waals surface area contributed by atoms with Crippen molar-refractivity contribution < 1.29 is 14.6 Å². The minimum atomic E-state index is -0.899. The molecule has 0 atom stereocenters. The van der Waals surface area contributed by atoms with Gasteiger partial charge in [0.2, 0.25) is 0 Å². The second kappa shape index (κ2) is 5.97. The third kappa shape index (κ3) is 3.06. The summed E-state index contributed by atoms with van der Waals surface area (Å²) in [5, 5.41) is 8.91. The van der Waals surface area contributed by atoms with E-state index in [2.05, 4.69) is 29.2 Å². The fraction of sp³-hybridized carbons (Fsp3) is 0.235. The van der Waals surface area contributed by atoms with Crippen LogP contribution in [0, 0.1) is 0 Å². The molecule has 2 aromatic rings. The van der Waals surface area contributed by atoms with Crippen molar-refractivity contribution in [2.45, 2.75) is 0 Å². The molecule has 0 amide bonds. The molecule has 0 aromatic heterocycles. The third-order valence-corrected chi connectivity index (χ3v) is 3.71. The molecule has 1 heterocycles. The Hall–Kier alpha value is -2.33. The first-order valence-electron chi connectivity index (χ1n) is 7.00. The molecular weight excluding hydrogens is 266 g/mol. The molecule has 0 aliphatic carbocycles. The molecule has 3 rings (SSSR count). The average Bonchev–Trinajstić information content (AvgIpc) is 2.56. The Balaban J connectivity index is 1.78. The van der Waals surface area contributed by atoms with Crippen LogP contribution >= 0.6 is 0 Å². The van der Waals surface area contributed by atoms with Gasteiger partial charge in [0.25, 0.3) is 0 Å². The molecule has 1 N–H and O–H groups in total. The number of hydrogen-bond acceptors (Lipinski definition) is 3. The van der Waals surface area contributed by atoms with Crippen molar-refractivity contribution in [1.82, 2.24) is 0 Å². The third-order valence-electron chi connectivity index (χ3n) is 3.71. The number of nitrogens with zero attached hydrogens (tertiary/aromatic N) is 1. The zero-order valence-corrected chi connectivity index (χ0v) is 11.7. The summed E-state index contributed by atoms with van der Waals surface area (Å²) < 4.78 is 5.36. The number of hydrogen-bond donors (Lipinski definition) is 1. The lowest BCUT2D eigenvalue weighted by Crippen LogP contribution is -2.36. The van der Waals surface area contributed by atoms with Crippen LogP contribution < -0.4 is 4.90 Å². The van der Waals surface area contributed by atoms with Gasteiger partial charge in [0.15, 0.2) is 0 Å². The van der Waals surface area contributed by atoms with Crippen molar-refractivity contribution in [3.8, 4) is 11.1 Å². The highest BCUT2D eigenvalue weighted by atomic mass is 16.5. The maximum atomic E-state index is 10.9. The monoisotopic (exact) mass is 283 g/mol. The van der Waals surface area contributed by atoms with Gasteiger partial charge < -0.3 is 14.7 Å². The predicted octanol–water partition coefficient (Wildman–Crippen LogP) is 2.89. The second-order valence-corrected chi connectivity index (χ2v) is 5.03. The normalized spacial score (nSPS) is 15.0. The van der Waals surface area contributed by atoms with E-state index in [1.54, 1.807) is 12.1 Å². The van der Waals surface area contributed by atoms with E-state index >= 15 is 0 Å². The highest BCUT2D eigenvalue weighted by Gasteiger charge is 2.11. The number of benzene rings is 2. The van der Waals surface area contributed by atoms with Crippen LogP contribution in [0.3, 0.4) is 0 Å². The van der Waals surface area contributed by atoms with Gasteiger partial charge in [-0.05, 0) is 35.4 Å². The van der Waals surface area contributed by atoms with Crippen molar-refractivity contribution in [1.29, 1.82) is 0 Å². The molecule has 0 spiro atoms. The summed E-state index contributed by atoms with van der Waals surface area (Å²) >= 11 is 0. The van der Waals surface area contributed by atoms with Crippen LogP contribution in [-0.4, -0.2) is 37.4 Å². The molecule has 0 unspecified atom stereocenters. The Bertz CT molecular complexity index is 613. The summed E-state index contributed by atoms with van der Waals surface area (Å²) in [7, 11) is 0. The van der Waals surface area contributed by atoms with Crippen molar-refractivity contribution in [3.05, 3.63) is 54.1 Å². The van der Waals surface area contributed by atoms with Gasteiger partial charge in [-0.1, -0.05) is 24.3 Å². The Labute approximate surface area is 123 Å². The van der Waals surface area contributed by atoms with E-state index in [-0.39, 0.29) is 0 Å². The maximum absolute atomic E-state index is 10.9. The Morgan fingerprint density at radius 2 is 1.43 bits per heavy atom. The fourth-order valence-corrected chi connectivity index (χ4v) is 2.49. The van der Waals surface area contributed by atoms with E-state index in [0.717, 1.165) is 37.4 Å². The maximum Gasteiger partial charge on any atom is 0.335 e. The van der Waals surface area contributed by atoms with E-state index in [1.807, 2.05) is 12.1 Å². The van der Waals surface area contributed by atoms with Crippen LogP contribution in [0.4, 0.5) is 5.69 Å². The number of carboxylic acid groups (broad SMARTS) is 1. The summed E-state index contributed by atoms with van der Waals surface area (Å²) in [5.41, 5.74) is 3.62. The number of rotatable bonds is 3. The number of ether oxygens (including phenoxy) is 1. The van der Waals surface area contributed by atoms with Crippen molar-refractivity contribution in [2.24, 2.45) is 0 Å². The molecule has 0 radical (unpaired) electrons. The topological polar surface area (TPSA) is 49.8 Å². The number of carboxylic acids is 1. The van der Waals surface area contributed by atoms with Crippen LogP contribution in [0.15, 0.2) is 48.5 Å². The highest BCUT2D eigenvalue weighted by molar-refractivity contribution is 5.88. The molecule has 4 nitrogen and oxygen atoms in total. The SMILES string of the molecule is O=C(O)c1ccc(-c2ccc(N3CCOCC3)cc2)cc1. The van der Waals surface area contributed by atoms with Gasteiger partial charge in [-0.2, -0.15) is 0 Å². The summed E-state index contributed by atoms with van der Waals surface area (Å²) in [4.78, 5) is 13.2. The van der Waals surface area contributed by atoms with Gasteiger partial charge in [-0.15, -0.1) is 0 Å². The van der Waals surface area contributed by atoms with Crippen LogP contribution in [0.1, 0.15) is 10.4 Å². The Morgan fingerprint density at radius 3 is 1.95 bits per heavy atom. The van der Waals surface area contributed by atoms with Crippen LogP contribution in [0.5, 0.6) is 0 Å². The fourth-order valence-electron chi connectivity index (χ4n) is 2.49. The summed E-state index contributed by atoms with van der Waals surface area (Å²) in [6.45, 7) is 3.40. The van der Waals surface area contributed by atoms with Gasteiger partial charge in [-0.25, -0.2) is 4.79 Å². The van der Waals surface area contributed by atoms with Crippen molar-refractivity contribution in [2.75, 3.05) is 31.2 Å². The molecular formula is C17H17NO3. The van der Waals surface area contributed by atoms with Crippen molar-refractivity contribution >= 4 is 11.7 Å². The van der Waals surface area contributed by atoms with Gasteiger partial charge in [0.05, 0.1) is 18.8 Å². The van der Waals surface area contributed by atoms with Gasteiger partial charge in [0, 0.05) is 18.8 Å². The lowest BCUT2D eigenvalue weighted by Gasteiger charge is -2.28. The van der Waals surface area contributed by atoms with E-state index in [0.29, 0.717) is 5.56 Å². The quantitative estimate of drug-likeness (QED) is 0.941. The van der Waals surface area contributed by atoms with E-state index in [1.165, 1.54) is 5.69 Å². The first-order valence-corrected chi connectivity index (χ1v) is 7.00. The largest absolute Gasteiger partial charge is 0.478 e. The van der Waals surface area contributed by atoms with Crippen LogP contribution in [0.2, 0.25) is 0 Å². The molecule has 0 saturated carbocycles. The van der Waals surface area contributed by atoms with Gasteiger partial charge in [-0.3, -0.25) is 0 Å². The van der Waals surface area contributed by atoms with E-state index in [4.69, 9.17) is 9.84 Å². The lowest BCUT2D eigenvalue weighted by molar-refractivity contribution is 0.0697. The van der Waals surface area contributed by atoms with E-state index < -0.39 is 5.97 Å². The molecule has 1 aliphatic heterocycles. The smallest absolute Gasteiger partial charge is 0.335 e. The second-order valence-electron chi connectivity index (χ2n) is 5.03. The molecule has 1 saturated heterocycles. The zero-order chi connectivity index (χ0) is 14.7. The molecule has 1 fully saturated rings. The first-order chi connectivity index (χ1) is 10.2. The first kappa shape index (κ1) is 13.6. The average molecular weight is 283 g/mol. The minimum Gasteiger partial charge on any atom is -0.478 e. The Morgan fingerprint density at radius 1 is 0.905 bits per heavy atom. The minimum absolute atomic E-state index is 0.309. The molecule has 0 bridgehead atoms. The predicted molar refractivity (Wildman–Crippen MR) is 81.9 cm³/mol. The number of carbonyl (C=O) groups is 1. The van der Waals surface area contributed by atoms with Gasteiger partial charge >= 0.3 is 5.97 Å². The van der Waals surface area contributed by atoms with Crippen LogP contribution in [-0.2, 0) is 4.74 Å². The number of anilines is 1.